The van der Waals surface area contributed by atoms with Crippen molar-refractivity contribution in [3.63, 3.8) is 0 Å². The maximum atomic E-state index is 10.1. The average Bonchev–Trinajstić information content (AvgIpc) is 2.96. The number of hydrogen-bond donors (Lipinski definition) is 1. The molecule has 8 heteroatoms. The number of methoxy groups -OCH3 is 2. The quantitative estimate of drug-likeness (QED) is 0.380. The number of hydrogen-bond acceptors (Lipinski definition) is 8. The Morgan fingerprint density at radius 2 is 1.78 bits per heavy atom. The minimum atomic E-state index is 0.556. The molecule has 188 valence electrons. The molecule has 5 rings (SSSR count). The highest BCUT2D eigenvalue weighted by Gasteiger charge is 2.17. The molecule has 1 aromatic heterocycles. The third kappa shape index (κ3) is 5.42. The van der Waals surface area contributed by atoms with Gasteiger partial charge in [0.25, 0.3) is 0 Å². The SMILES string of the molecule is COc1ccc(CNc2ccc(Cc3ccc4ncc(N5CCOCC5)nc4c3C#N)cc2OC)cc1. The number of ether oxygens (including phenoxy) is 3. The number of nitrogens with one attached hydrogen (secondary N) is 1. The van der Waals surface area contributed by atoms with E-state index in [0.717, 1.165) is 52.8 Å². The summed E-state index contributed by atoms with van der Waals surface area (Å²) < 4.78 is 16.4. The molecule has 1 aliphatic heterocycles. The summed E-state index contributed by atoms with van der Waals surface area (Å²) in [6.07, 6.45) is 2.36. The van der Waals surface area contributed by atoms with Crippen LogP contribution in [0.4, 0.5) is 11.5 Å². The van der Waals surface area contributed by atoms with Gasteiger partial charge in [0.05, 0.1) is 50.4 Å². The van der Waals surface area contributed by atoms with Crippen molar-refractivity contribution in [2.45, 2.75) is 13.0 Å². The van der Waals surface area contributed by atoms with Gasteiger partial charge in [-0.1, -0.05) is 24.3 Å². The largest absolute Gasteiger partial charge is 0.497 e. The standard InChI is InChI=1S/C29H29N5O3/c1-35-23-7-3-20(4-8-23)18-31-25-9-5-21(16-27(25)36-2)15-22-6-10-26-29(24(22)17-30)33-28(19-32-26)34-11-13-37-14-12-34/h3-10,16,19,31H,11-15,18H2,1-2H3. The molecule has 3 aromatic carbocycles. The molecule has 1 N–H and O–H groups in total. The van der Waals surface area contributed by atoms with Gasteiger partial charge in [-0.05, 0) is 53.4 Å². The fraction of sp³-hybridized carbons (Fsp3) is 0.276. The van der Waals surface area contributed by atoms with Crippen LogP contribution in [-0.4, -0.2) is 50.5 Å². The molecule has 0 aliphatic carbocycles. The van der Waals surface area contributed by atoms with Crippen molar-refractivity contribution < 1.29 is 14.2 Å². The summed E-state index contributed by atoms with van der Waals surface area (Å²) in [5.74, 6) is 2.36. The van der Waals surface area contributed by atoms with Gasteiger partial charge in [0.1, 0.15) is 28.9 Å². The van der Waals surface area contributed by atoms with Crippen molar-refractivity contribution in [3.05, 3.63) is 83.0 Å². The van der Waals surface area contributed by atoms with Crippen LogP contribution < -0.4 is 19.7 Å². The molecule has 1 saturated heterocycles. The molecule has 8 nitrogen and oxygen atoms in total. The van der Waals surface area contributed by atoms with Crippen molar-refractivity contribution in [1.82, 2.24) is 9.97 Å². The topological polar surface area (TPSA) is 92.5 Å². The minimum Gasteiger partial charge on any atom is -0.497 e. The lowest BCUT2D eigenvalue weighted by molar-refractivity contribution is 0.122. The minimum absolute atomic E-state index is 0.556. The van der Waals surface area contributed by atoms with Gasteiger partial charge < -0.3 is 24.4 Å². The van der Waals surface area contributed by atoms with E-state index in [1.807, 2.05) is 48.5 Å². The second-order valence-electron chi connectivity index (χ2n) is 8.82. The number of rotatable bonds is 8. The van der Waals surface area contributed by atoms with Crippen LogP contribution in [0.1, 0.15) is 22.3 Å². The molecule has 37 heavy (non-hydrogen) atoms. The Morgan fingerprint density at radius 1 is 1.00 bits per heavy atom. The van der Waals surface area contributed by atoms with Crippen LogP contribution in [0.25, 0.3) is 11.0 Å². The summed E-state index contributed by atoms with van der Waals surface area (Å²) in [6.45, 7) is 3.52. The second-order valence-corrected chi connectivity index (χ2v) is 8.82. The normalized spacial score (nSPS) is 13.3. The predicted molar refractivity (Wildman–Crippen MR) is 143 cm³/mol. The van der Waals surface area contributed by atoms with Crippen LogP contribution in [0.5, 0.6) is 11.5 Å². The third-order valence-corrected chi connectivity index (χ3v) is 6.54. The fourth-order valence-corrected chi connectivity index (χ4v) is 4.48. The van der Waals surface area contributed by atoms with Gasteiger partial charge in [-0.15, -0.1) is 0 Å². The van der Waals surface area contributed by atoms with Crippen LogP contribution in [0, 0.1) is 11.3 Å². The van der Waals surface area contributed by atoms with Crippen LogP contribution in [0.15, 0.2) is 60.8 Å². The number of morpholine rings is 1. The lowest BCUT2D eigenvalue weighted by Gasteiger charge is -2.27. The Kier molecular flexibility index (Phi) is 7.33. The van der Waals surface area contributed by atoms with E-state index in [4.69, 9.17) is 19.2 Å². The molecule has 0 atom stereocenters. The van der Waals surface area contributed by atoms with Gasteiger partial charge in [-0.2, -0.15) is 5.26 Å². The lowest BCUT2D eigenvalue weighted by atomic mass is 9.98. The molecule has 0 amide bonds. The monoisotopic (exact) mass is 495 g/mol. The molecule has 1 fully saturated rings. The molecular formula is C29H29N5O3. The van der Waals surface area contributed by atoms with Crippen LogP contribution in [0.2, 0.25) is 0 Å². The summed E-state index contributed by atoms with van der Waals surface area (Å²) in [6, 6.07) is 20.3. The first-order valence-electron chi connectivity index (χ1n) is 12.2. The van der Waals surface area contributed by atoms with Crippen molar-refractivity contribution in [2.75, 3.05) is 50.7 Å². The van der Waals surface area contributed by atoms with Gasteiger partial charge in [-0.25, -0.2) is 4.98 Å². The lowest BCUT2D eigenvalue weighted by Crippen LogP contribution is -2.36. The zero-order chi connectivity index (χ0) is 25.6. The van der Waals surface area contributed by atoms with Crippen LogP contribution in [-0.2, 0) is 17.7 Å². The molecule has 0 unspecified atom stereocenters. The van der Waals surface area contributed by atoms with Crippen LogP contribution in [0.3, 0.4) is 0 Å². The van der Waals surface area contributed by atoms with Gasteiger partial charge in [0.15, 0.2) is 0 Å². The highest BCUT2D eigenvalue weighted by Crippen LogP contribution is 2.29. The zero-order valence-corrected chi connectivity index (χ0v) is 21.0. The molecular weight excluding hydrogens is 466 g/mol. The first kappa shape index (κ1) is 24.3. The van der Waals surface area contributed by atoms with Crippen molar-refractivity contribution in [3.8, 4) is 17.6 Å². The fourth-order valence-electron chi connectivity index (χ4n) is 4.48. The van der Waals surface area contributed by atoms with Gasteiger partial charge in [0.2, 0.25) is 0 Å². The Hall–Kier alpha value is -4.35. The highest BCUT2D eigenvalue weighted by molar-refractivity contribution is 5.83. The van der Waals surface area contributed by atoms with E-state index in [9.17, 15) is 5.26 Å². The van der Waals surface area contributed by atoms with E-state index in [1.54, 1.807) is 20.4 Å². The summed E-state index contributed by atoms with van der Waals surface area (Å²) >= 11 is 0. The second kappa shape index (κ2) is 11.1. The van der Waals surface area contributed by atoms with E-state index in [2.05, 4.69) is 27.3 Å². The van der Waals surface area contributed by atoms with Gasteiger partial charge >= 0.3 is 0 Å². The van der Waals surface area contributed by atoms with Crippen molar-refractivity contribution >= 4 is 22.5 Å². The molecule has 2 heterocycles. The number of nitrogens with zero attached hydrogens (tertiary/aromatic N) is 4. The molecule has 0 saturated carbocycles. The summed E-state index contributed by atoms with van der Waals surface area (Å²) in [5.41, 5.74) is 5.90. The van der Waals surface area contributed by atoms with Gasteiger partial charge in [-0.3, -0.25) is 4.98 Å². The average molecular weight is 496 g/mol. The molecule has 0 radical (unpaired) electrons. The Balaban J connectivity index is 1.37. The number of nitriles is 1. The van der Waals surface area contributed by atoms with E-state index in [0.29, 0.717) is 42.8 Å². The van der Waals surface area contributed by atoms with E-state index < -0.39 is 0 Å². The molecule has 1 aliphatic rings. The number of anilines is 2. The maximum absolute atomic E-state index is 10.1. The molecule has 0 bridgehead atoms. The smallest absolute Gasteiger partial charge is 0.148 e. The Morgan fingerprint density at radius 3 is 2.51 bits per heavy atom. The first-order chi connectivity index (χ1) is 18.2. The number of aromatic nitrogens is 2. The van der Waals surface area contributed by atoms with Gasteiger partial charge in [0, 0.05) is 19.6 Å². The Labute approximate surface area is 216 Å². The van der Waals surface area contributed by atoms with E-state index >= 15 is 0 Å². The van der Waals surface area contributed by atoms with Crippen LogP contribution >= 0.6 is 0 Å². The van der Waals surface area contributed by atoms with E-state index in [-0.39, 0.29) is 0 Å². The molecule has 0 spiro atoms. The summed E-state index contributed by atoms with van der Waals surface area (Å²) in [7, 11) is 3.32. The molecule has 4 aromatic rings. The Bertz CT molecular complexity index is 1430. The first-order valence-corrected chi connectivity index (χ1v) is 12.2. The zero-order valence-electron chi connectivity index (χ0n) is 21.0. The predicted octanol–water partition coefficient (Wildman–Crippen LogP) is 4.56. The maximum Gasteiger partial charge on any atom is 0.148 e. The third-order valence-electron chi connectivity index (χ3n) is 6.54. The highest BCUT2D eigenvalue weighted by atomic mass is 16.5. The number of benzene rings is 3. The van der Waals surface area contributed by atoms with Crippen molar-refractivity contribution in [1.29, 1.82) is 5.26 Å². The summed E-state index contributed by atoms with van der Waals surface area (Å²) in [5, 5.41) is 13.5. The summed E-state index contributed by atoms with van der Waals surface area (Å²) in [4.78, 5) is 11.5. The number of fused-ring (bicyclic) bond motifs is 1. The van der Waals surface area contributed by atoms with E-state index in [1.165, 1.54) is 0 Å². The van der Waals surface area contributed by atoms with Crippen molar-refractivity contribution in [2.24, 2.45) is 0 Å².